The number of unbranched alkanes of at least 4 members (excludes halogenated alkanes) is 1. The van der Waals surface area contributed by atoms with E-state index in [0.717, 1.165) is 9.52 Å². The lowest BCUT2D eigenvalue weighted by molar-refractivity contribution is 0.959. The van der Waals surface area contributed by atoms with Crippen molar-refractivity contribution in [2.75, 3.05) is 0 Å². The number of hydrogen-bond donors (Lipinski definition) is 0. The van der Waals surface area contributed by atoms with Gasteiger partial charge in [0.05, 0.1) is 9.52 Å². The van der Waals surface area contributed by atoms with Gasteiger partial charge in [0.25, 0.3) is 0 Å². The summed E-state index contributed by atoms with van der Waals surface area (Å²) in [6.45, 7) is 4.45. The maximum absolute atomic E-state index is 2.33. The molecule has 52 valence electrons. The van der Waals surface area contributed by atoms with Crippen LogP contribution >= 0.6 is 0 Å². The summed E-state index contributed by atoms with van der Waals surface area (Å²) in [5.74, 6) is 0. The van der Waals surface area contributed by atoms with Crippen LogP contribution in [0.15, 0.2) is 11.8 Å². The van der Waals surface area contributed by atoms with E-state index in [1.54, 1.807) is 0 Å². The van der Waals surface area contributed by atoms with Gasteiger partial charge in [-0.2, -0.15) is 0 Å². The molecule has 0 aromatic carbocycles. The van der Waals surface area contributed by atoms with Crippen LogP contribution in [0.2, 0.25) is 6.04 Å². The van der Waals surface area contributed by atoms with Crippen LogP contribution in [0.4, 0.5) is 0 Å². The number of rotatable bonds is 5. The van der Waals surface area contributed by atoms with Crippen molar-refractivity contribution in [3.63, 3.8) is 0 Å². The molecule has 0 aliphatic rings. The molecular formula is C8H16Si. The zero-order valence-electron chi connectivity index (χ0n) is 6.48. The van der Waals surface area contributed by atoms with Crippen molar-refractivity contribution < 1.29 is 0 Å². The summed E-state index contributed by atoms with van der Waals surface area (Å²) >= 11 is 0. The van der Waals surface area contributed by atoms with Gasteiger partial charge in [0.1, 0.15) is 0 Å². The van der Waals surface area contributed by atoms with Crippen molar-refractivity contribution in [1.29, 1.82) is 0 Å². The van der Waals surface area contributed by atoms with Crippen LogP contribution in [0.3, 0.4) is 0 Å². The minimum atomic E-state index is 1.06. The van der Waals surface area contributed by atoms with Crippen LogP contribution in [0.1, 0.15) is 33.1 Å². The van der Waals surface area contributed by atoms with Gasteiger partial charge in [0, 0.05) is 0 Å². The Labute approximate surface area is 61.2 Å². The van der Waals surface area contributed by atoms with Gasteiger partial charge < -0.3 is 0 Å². The van der Waals surface area contributed by atoms with Gasteiger partial charge in [-0.05, 0) is 6.42 Å². The third kappa shape index (κ3) is 7.96. The molecule has 0 nitrogen and oxygen atoms in total. The fourth-order valence-electron chi connectivity index (χ4n) is 0.561. The molecule has 0 saturated heterocycles. The molecule has 0 N–H and O–H groups in total. The summed E-state index contributed by atoms with van der Waals surface area (Å²) in [6, 6.07) is 1.38. The third-order valence-corrected chi connectivity index (χ3v) is 2.35. The van der Waals surface area contributed by atoms with E-state index in [2.05, 4.69) is 25.6 Å². The predicted octanol–water partition coefficient (Wildman–Crippen LogP) is 2.83. The lowest BCUT2D eigenvalue weighted by atomic mass is 10.3. The van der Waals surface area contributed by atoms with E-state index in [-0.39, 0.29) is 0 Å². The van der Waals surface area contributed by atoms with Crippen LogP contribution in [0.5, 0.6) is 0 Å². The first-order valence-electron chi connectivity index (χ1n) is 3.80. The molecule has 0 aromatic heterocycles. The Morgan fingerprint density at radius 1 is 1.22 bits per heavy atom. The summed E-state index contributed by atoms with van der Waals surface area (Å²) in [7, 11) is 1.06. The van der Waals surface area contributed by atoms with Crippen molar-refractivity contribution in [1.82, 2.24) is 0 Å². The van der Waals surface area contributed by atoms with E-state index in [1.165, 1.54) is 25.3 Å². The van der Waals surface area contributed by atoms with E-state index in [0.29, 0.717) is 0 Å². The monoisotopic (exact) mass is 140 g/mol. The summed E-state index contributed by atoms with van der Waals surface area (Å²) in [4.78, 5) is 0. The third-order valence-electron chi connectivity index (χ3n) is 1.09. The van der Waals surface area contributed by atoms with Crippen molar-refractivity contribution in [3.8, 4) is 0 Å². The van der Waals surface area contributed by atoms with Gasteiger partial charge in [-0.15, -0.1) is 5.70 Å². The summed E-state index contributed by atoms with van der Waals surface area (Å²) in [5, 5.41) is 0. The molecule has 0 unspecified atom stereocenters. The molecule has 0 aliphatic carbocycles. The maximum atomic E-state index is 2.33. The fourth-order valence-corrected chi connectivity index (χ4v) is 1.35. The molecule has 0 saturated carbocycles. The second kappa shape index (κ2) is 7.96. The Balaban J connectivity index is 2.86. The Morgan fingerprint density at radius 3 is 2.56 bits per heavy atom. The highest BCUT2D eigenvalue weighted by atomic mass is 28.2. The van der Waals surface area contributed by atoms with Gasteiger partial charge >= 0.3 is 0 Å². The Kier molecular flexibility index (Phi) is 7.92. The highest BCUT2D eigenvalue weighted by molar-refractivity contribution is 6.41. The molecule has 2 radical (unpaired) electrons. The molecule has 0 fully saturated rings. The molecule has 0 heterocycles. The second-order valence-corrected chi connectivity index (χ2v) is 3.39. The molecule has 9 heavy (non-hydrogen) atoms. The quantitative estimate of drug-likeness (QED) is 0.407. The minimum Gasteiger partial charge on any atom is -0.103 e. The highest BCUT2D eigenvalue weighted by Crippen LogP contribution is 1.90. The predicted molar refractivity (Wildman–Crippen MR) is 44.9 cm³/mol. The Morgan fingerprint density at radius 2 is 2.00 bits per heavy atom. The first-order valence-corrected chi connectivity index (χ1v) is 5.08. The largest absolute Gasteiger partial charge is 0.103 e. The van der Waals surface area contributed by atoms with Crippen molar-refractivity contribution in [2.24, 2.45) is 0 Å². The zero-order chi connectivity index (χ0) is 6.95. The number of allylic oxidation sites excluding steroid dienone is 1. The fraction of sp³-hybridized carbons (Fsp3) is 0.750. The maximum Gasteiger partial charge on any atom is 0.0698 e. The highest BCUT2D eigenvalue weighted by Gasteiger charge is 1.78. The normalized spacial score (nSPS) is 10.9. The van der Waals surface area contributed by atoms with Crippen LogP contribution < -0.4 is 0 Å². The van der Waals surface area contributed by atoms with Crippen molar-refractivity contribution >= 4 is 9.52 Å². The average Bonchev–Trinajstić information content (AvgIpc) is 1.89. The standard InChI is InChI=1S/C8H16Si/c1-3-5-6-8-9-7-4-2/h6,8H,3-5,7H2,1-2H3/b8-6+. The topological polar surface area (TPSA) is 0 Å². The van der Waals surface area contributed by atoms with Gasteiger partial charge in [0.2, 0.25) is 0 Å². The lowest BCUT2D eigenvalue weighted by Crippen LogP contribution is -1.80. The minimum absolute atomic E-state index is 1.06. The molecule has 1 heteroatoms. The molecular weight excluding hydrogens is 124 g/mol. The second-order valence-electron chi connectivity index (χ2n) is 2.15. The Hall–Kier alpha value is -0.0431. The van der Waals surface area contributed by atoms with Gasteiger partial charge in [-0.1, -0.05) is 38.8 Å². The molecule has 0 bridgehead atoms. The molecule has 0 amide bonds. The van der Waals surface area contributed by atoms with E-state index >= 15 is 0 Å². The van der Waals surface area contributed by atoms with Crippen LogP contribution in [-0.2, 0) is 0 Å². The SMILES string of the molecule is CCC/C=C/[Si]CCC. The summed E-state index contributed by atoms with van der Waals surface area (Å²) in [6.07, 6.45) is 6.17. The van der Waals surface area contributed by atoms with Gasteiger partial charge in [-0.3, -0.25) is 0 Å². The molecule has 0 spiro atoms. The molecule has 0 aromatic rings. The average molecular weight is 140 g/mol. The van der Waals surface area contributed by atoms with E-state index in [4.69, 9.17) is 0 Å². The van der Waals surface area contributed by atoms with E-state index in [9.17, 15) is 0 Å². The summed E-state index contributed by atoms with van der Waals surface area (Å²) < 4.78 is 0. The van der Waals surface area contributed by atoms with E-state index in [1.807, 2.05) is 0 Å². The lowest BCUT2D eigenvalue weighted by Gasteiger charge is -1.85. The van der Waals surface area contributed by atoms with Crippen LogP contribution in [-0.4, -0.2) is 9.52 Å². The molecule has 0 atom stereocenters. The molecule has 0 rings (SSSR count). The van der Waals surface area contributed by atoms with Crippen LogP contribution in [0, 0.1) is 0 Å². The van der Waals surface area contributed by atoms with E-state index < -0.39 is 0 Å². The number of hydrogen-bond acceptors (Lipinski definition) is 0. The van der Waals surface area contributed by atoms with Gasteiger partial charge in [0.15, 0.2) is 0 Å². The molecule has 0 aliphatic heterocycles. The van der Waals surface area contributed by atoms with Crippen molar-refractivity contribution in [2.45, 2.75) is 39.2 Å². The zero-order valence-corrected chi connectivity index (χ0v) is 7.48. The smallest absolute Gasteiger partial charge is 0.0698 e. The van der Waals surface area contributed by atoms with Crippen LogP contribution in [0.25, 0.3) is 0 Å². The first-order chi connectivity index (χ1) is 4.41. The van der Waals surface area contributed by atoms with Crippen molar-refractivity contribution in [3.05, 3.63) is 11.8 Å². The van der Waals surface area contributed by atoms with Gasteiger partial charge in [-0.25, -0.2) is 0 Å². The Bertz CT molecular complexity index is 67.0. The summed E-state index contributed by atoms with van der Waals surface area (Å²) in [5.41, 5.74) is 2.33. The first kappa shape index (κ1) is 8.96.